The number of Topliss-reactive ketones (excluding diaryl/α,β-unsaturated/α-hetero) is 1. The number of allylic oxidation sites excluding steroid dienone is 2. The van der Waals surface area contributed by atoms with Crippen molar-refractivity contribution in [3.8, 4) is 23.0 Å². The Bertz CT molecular complexity index is 2070. The number of aliphatic hydroxyl groups excluding tert-OH is 3. The highest BCUT2D eigenvalue weighted by Gasteiger charge is 2.50. The van der Waals surface area contributed by atoms with Crippen molar-refractivity contribution in [2.75, 3.05) is 45.2 Å². The second kappa shape index (κ2) is 18.0. The molecule has 0 aromatic heterocycles. The van der Waals surface area contributed by atoms with Crippen LogP contribution < -0.4 is 10.1 Å². The zero-order chi connectivity index (χ0) is 43.7. The maximum absolute atomic E-state index is 14.4. The zero-order valence-corrected chi connectivity index (χ0v) is 35.1. The third-order valence-electron chi connectivity index (χ3n) is 12.0. The Balaban J connectivity index is 1.70. The predicted octanol–water partition coefficient (Wildman–Crippen LogP) is 3.93. The summed E-state index contributed by atoms with van der Waals surface area (Å²) in [5.74, 6) is -9.31. The fourth-order valence-corrected chi connectivity index (χ4v) is 7.94. The lowest BCUT2D eigenvalue weighted by Gasteiger charge is -2.38. The molecule has 1 fully saturated rings. The number of ether oxygens (including phenoxy) is 3. The summed E-state index contributed by atoms with van der Waals surface area (Å²) in [5.41, 5.74) is -0.413. The van der Waals surface area contributed by atoms with Gasteiger partial charge in [-0.25, -0.2) is 0 Å². The molecule has 2 aromatic carbocycles. The van der Waals surface area contributed by atoms with Crippen molar-refractivity contribution >= 4 is 40.3 Å². The van der Waals surface area contributed by atoms with Crippen molar-refractivity contribution in [2.45, 2.75) is 79.5 Å². The summed E-state index contributed by atoms with van der Waals surface area (Å²) in [4.78, 5) is 42.6. The van der Waals surface area contributed by atoms with Gasteiger partial charge in [-0.3, -0.25) is 19.4 Å². The Hall–Kier alpha value is -5.16. The number of fused-ring (bicyclic) bond motifs is 14. The van der Waals surface area contributed by atoms with Gasteiger partial charge in [0, 0.05) is 92.7 Å². The lowest BCUT2D eigenvalue weighted by Crippen LogP contribution is -2.45. The second-order valence-corrected chi connectivity index (χ2v) is 16.3. The van der Waals surface area contributed by atoms with Crippen LogP contribution in [0.2, 0.25) is 0 Å². The van der Waals surface area contributed by atoms with Crippen LogP contribution in [0, 0.1) is 36.5 Å². The number of aliphatic hydroxyl groups is 3. The molecule has 0 saturated carbocycles. The topological polar surface area (TPSA) is 231 Å². The summed E-state index contributed by atoms with van der Waals surface area (Å²) in [6.45, 7) is 14.5. The molecule has 9 atom stereocenters. The Morgan fingerprint density at radius 2 is 1.63 bits per heavy atom. The third kappa shape index (κ3) is 8.91. The highest BCUT2D eigenvalue weighted by atomic mass is 16.7. The van der Waals surface area contributed by atoms with Crippen molar-refractivity contribution in [1.29, 1.82) is 0 Å². The summed E-state index contributed by atoms with van der Waals surface area (Å²) in [7, 11) is 1.98. The van der Waals surface area contributed by atoms with E-state index < -0.39 is 95.2 Å². The minimum Gasteiger partial charge on any atom is -0.507 e. The number of nitrogens with zero attached hydrogens (tertiary/aromatic N) is 3. The molecule has 322 valence electrons. The molecule has 0 radical (unpaired) electrons. The molecular weight excluding hydrogens is 764 g/mol. The first-order chi connectivity index (χ1) is 27.7. The Kier molecular flexibility index (Phi) is 13.7. The van der Waals surface area contributed by atoms with Crippen LogP contribution in [0.3, 0.4) is 0 Å². The Morgan fingerprint density at radius 3 is 2.25 bits per heavy atom. The number of hydrogen-bond donors (Lipinski definition) is 7. The number of ketones is 1. The van der Waals surface area contributed by atoms with E-state index in [1.54, 1.807) is 44.9 Å². The number of phenols is 3. The summed E-state index contributed by atoms with van der Waals surface area (Å²) in [6.07, 6.45) is 5.46. The summed E-state index contributed by atoms with van der Waals surface area (Å²) >= 11 is 0. The summed E-state index contributed by atoms with van der Waals surface area (Å²) < 4.78 is 17.8. The molecule has 1 amide bonds. The fourth-order valence-electron chi connectivity index (χ4n) is 7.94. The molecule has 2 aromatic rings. The molecule has 16 heteroatoms. The number of likely N-dealkylation sites (N-methyl/N-ethyl adjacent to an activating group) is 1. The lowest BCUT2D eigenvalue weighted by atomic mass is 9.76. The van der Waals surface area contributed by atoms with E-state index >= 15 is 0 Å². The molecule has 4 aliphatic heterocycles. The minimum absolute atomic E-state index is 0.0406. The van der Waals surface area contributed by atoms with Gasteiger partial charge >= 0.3 is 11.8 Å². The number of anilines is 1. The van der Waals surface area contributed by atoms with Gasteiger partial charge in [0.05, 0.1) is 46.9 Å². The van der Waals surface area contributed by atoms with E-state index in [-0.39, 0.29) is 44.5 Å². The first kappa shape index (κ1) is 44.9. The number of nitrogens with one attached hydrogen (secondary N) is 1. The maximum Gasteiger partial charge on any atom is 0.312 e. The molecule has 4 heterocycles. The van der Waals surface area contributed by atoms with Gasteiger partial charge in [-0.2, -0.15) is 5.10 Å². The second-order valence-electron chi connectivity index (χ2n) is 16.3. The van der Waals surface area contributed by atoms with Crippen LogP contribution in [0.25, 0.3) is 10.8 Å². The van der Waals surface area contributed by atoms with Gasteiger partial charge in [0.25, 0.3) is 11.7 Å². The molecule has 7 N–H and O–H groups in total. The molecule has 1 saturated heterocycles. The lowest BCUT2D eigenvalue weighted by molar-refractivity contribution is -0.159. The van der Waals surface area contributed by atoms with E-state index in [4.69, 9.17) is 14.2 Å². The van der Waals surface area contributed by atoms with E-state index in [1.807, 2.05) is 7.05 Å². The quantitative estimate of drug-likeness (QED) is 0.100. The van der Waals surface area contributed by atoms with E-state index in [0.29, 0.717) is 26.2 Å². The van der Waals surface area contributed by atoms with E-state index in [0.717, 1.165) is 6.26 Å². The van der Waals surface area contributed by atoms with Crippen LogP contribution in [0.4, 0.5) is 5.69 Å². The minimum atomic E-state index is -2.07. The first-order valence-corrected chi connectivity index (χ1v) is 19.9. The monoisotopic (exact) mass is 822 g/mol. The number of carbonyl (C=O) groups is 3. The van der Waals surface area contributed by atoms with Crippen molar-refractivity contribution in [2.24, 2.45) is 34.7 Å². The van der Waals surface area contributed by atoms with Crippen molar-refractivity contribution in [1.82, 2.24) is 9.91 Å². The number of amides is 1. The van der Waals surface area contributed by atoms with Crippen LogP contribution in [0.15, 0.2) is 41.2 Å². The van der Waals surface area contributed by atoms with Gasteiger partial charge in [-0.15, -0.1) is 0 Å². The fraction of sp³-hybridized carbons (Fsp3) is 0.535. The Morgan fingerprint density at radius 1 is 0.966 bits per heavy atom. The van der Waals surface area contributed by atoms with Crippen LogP contribution in [0.5, 0.6) is 23.0 Å². The molecule has 6 rings (SSSR count). The van der Waals surface area contributed by atoms with Crippen molar-refractivity contribution < 1.29 is 59.2 Å². The molecular formula is C43H58N4O12. The Labute approximate surface area is 344 Å². The number of hydrazone groups is 1. The number of hydrogen-bond acceptors (Lipinski definition) is 15. The average Bonchev–Trinajstić information content (AvgIpc) is 3.46. The maximum atomic E-state index is 14.4. The van der Waals surface area contributed by atoms with Crippen molar-refractivity contribution in [3.05, 3.63) is 52.8 Å². The molecule has 16 nitrogen and oxygen atoms in total. The summed E-state index contributed by atoms with van der Waals surface area (Å²) in [6, 6.07) is 0. The predicted molar refractivity (Wildman–Crippen MR) is 220 cm³/mol. The van der Waals surface area contributed by atoms with E-state index in [2.05, 4.69) is 15.3 Å². The van der Waals surface area contributed by atoms with Crippen molar-refractivity contribution in [3.63, 3.8) is 0 Å². The van der Waals surface area contributed by atoms with Crippen LogP contribution in [0.1, 0.15) is 70.0 Å². The van der Waals surface area contributed by atoms with Gasteiger partial charge in [-0.05, 0) is 27.0 Å². The van der Waals surface area contributed by atoms with Gasteiger partial charge in [0.15, 0.2) is 5.75 Å². The molecule has 0 unspecified atom stereocenters. The van der Waals surface area contributed by atoms with E-state index in [9.17, 15) is 45.0 Å². The molecule has 0 aliphatic carbocycles. The highest BCUT2D eigenvalue weighted by Crippen LogP contribution is 2.55. The zero-order valence-electron chi connectivity index (χ0n) is 35.1. The number of carbonyl (C=O) groups excluding carboxylic acids is 3. The van der Waals surface area contributed by atoms with Crippen LogP contribution in [-0.4, -0.2) is 128 Å². The smallest absolute Gasteiger partial charge is 0.312 e. The standard InChI is InChI=1S/C43H58N4O12/c1-21-11-10-12-22(2)42(56)45-33-29(19-44-47-16-14-46(9)15-17-47)37(53)30-31(38(33)54)36(52)26(6)40-32(30)41(55)43(8,59-40)57-18-13-28(20-48)23(3)39(58-27(7)49)25(5)35(51)24(4)34(21)50/h10-13,18-19,21,23-25,28,34-35,39,48,50-54H,14-17,20H2,1-9H3,(H,45,56)/t21-,23+,24+,25+,28+,34-,35+,39+,43-/m0/s1. The number of benzene rings is 2. The summed E-state index contributed by atoms with van der Waals surface area (Å²) in [5, 5.41) is 77.2. The van der Waals surface area contributed by atoms with Crippen LogP contribution in [-0.2, 0) is 19.1 Å². The number of aromatic hydroxyl groups is 3. The van der Waals surface area contributed by atoms with Gasteiger partial charge < -0.3 is 55.1 Å². The first-order valence-electron chi connectivity index (χ1n) is 19.9. The third-order valence-corrected chi connectivity index (χ3v) is 12.0. The highest BCUT2D eigenvalue weighted by molar-refractivity contribution is 6.23. The van der Waals surface area contributed by atoms with Gasteiger partial charge in [-0.1, -0.05) is 45.9 Å². The van der Waals surface area contributed by atoms with Crippen LogP contribution >= 0.6 is 0 Å². The van der Waals surface area contributed by atoms with Gasteiger partial charge in [0.1, 0.15) is 23.4 Å². The normalized spacial score (nSPS) is 30.1. The molecule has 4 aliphatic rings. The van der Waals surface area contributed by atoms with Gasteiger partial charge in [0.2, 0.25) is 0 Å². The molecule has 59 heavy (non-hydrogen) atoms. The largest absolute Gasteiger partial charge is 0.507 e. The number of phenolic OH excluding ortho intramolecular Hbond substituents is 3. The number of esters is 1. The average molecular weight is 823 g/mol. The number of rotatable bonds is 4. The molecule has 0 spiro atoms. The SMILES string of the molecule is CC(=O)O[C@H]1[C@H](C)[C@H](O)[C@H](C)[C@@H](O)[C@@H](C)C=CC=C(C)C(=O)Nc2c(C=NN3CCN(C)CC3)c(O)c3c4c(c(C)c(O)c3c2O)O[C@](C)(OC=C[C@H](CO)[C@H]1C)C4=O. The van der Waals surface area contributed by atoms with E-state index in [1.165, 1.54) is 46.1 Å². The molecule has 5 bridgehead atoms. The number of piperazine rings is 1.